The van der Waals surface area contributed by atoms with E-state index in [0.29, 0.717) is 5.33 Å². The maximum atomic E-state index is 11.4. The molecule has 1 aromatic rings. The highest BCUT2D eigenvalue weighted by atomic mass is 127. The highest BCUT2D eigenvalue weighted by Gasteiger charge is 2.11. The number of ketones is 1. The molecule has 0 spiro atoms. The van der Waals surface area contributed by atoms with Gasteiger partial charge in [-0.05, 0) is 63.1 Å². The zero-order chi connectivity index (χ0) is 10.0. The summed E-state index contributed by atoms with van der Waals surface area (Å²) in [7, 11) is 0. The first-order valence-corrected chi connectivity index (χ1v) is 6.61. The number of benzene rings is 1. The van der Waals surface area contributed by atoms with Crippen molar-refractivity contribution in [1.82, 2.24) is 0 Å². The van der Waals surface area contributed by atoms with Gasteiger partial charge in [0.1, 0.15) is 0 Å². The molecule has 0 atom stereocenters. The van der Waals surface area contributed by atoms with E-state index < -0.39 is 0 Å². The zero-order valence-corrected chi connectivity index (χ0v) is 12.2. The number of hydrogen-bond acceptors (Lipinski definition) is 1. The lowest BCUT2D eigenvalue weighted by atomic mass is 10.1. The van der Waals surface area contributed by atoms with Crippen molar-refractivity contribution in [3.63, 3.8) is 0 Å². The maximum absolute atomic E-state index is 11.4. The number of rotatable bonds is 2. The molecule has 0 aromatic heterocycles. The van der Waals surface area contributed by atoms with Crippen LogP contribution in [0.4, 0.5) is 0 Å². The van der Waals surface area contributed by atoms with Crippen molar-refractivity contribution in [2.24, 2.45) is 0 Å². The summed E-state index contributed by atoms with van der Waals surface area (Å²) in [6, 6.07) is 3.80. The van der Waals surface area contributed by atoms with Crippen molar-refractivity contribution in [1.29, 1.82) is 0 Å². The topological polar surface area (TPSA) is 17.1 Å². The second kappa shape index (κ2) is 4.89. The summed E-state index contributed by atoms with van der Waals surface area (Å²) in [5, 5.41) is 0.376. The normalized spacial score (nSPS) is 10.2. The van der Waals surface area contributed by atoms with E-state index in [1.54, 1.807) is 0 Å². The first-order valence-electron chi connectivity index (χ1n) is 3.61. The van der Waals surface area contributed by atoms with E-state index in [9.17, 15) is 4.79 Å². The lowest BCUT2D eigenvalue weighted by Crippen LogP contribution is -2.03. The molecule has 0 amide bonds. The van der Waals surface area contributed by atoms with E-state index in [0.717, 1.165) is 19.2 Å². The first-order chi connectivity index (χ1) is 6.07. The molecule has 0 saturated carbocycles. The van der Waals surface area contributed by atoms with E-state index in [1.165, 1.54) is 0 Å². The molecule has 0 saturated heterocycles. The summed E-state index contributed by atoms with van der Waals surface area (Å²) >= 11 is 8.85. The molecule has 0 radical (unpaired) electrons. The molecule has 0 unspecified atom stereocenters. The van der Waals surface area contributed by atoms with Crippen LogP contribution >= 0.6 is 54.5 Å². The van der Waals surface area contributed by atoms with Gasteiger partial charge in [0.25, 0.3) is 0 Å². The SMILES string of the molecule is Cc1c(C(=O)CBr)ccc(I)c1Br. The summed E-state index contributed by atoms with van der Waals surface area (Å²) < 4.78 is 2.14. The number of carbonyl (C=O) groups excluding carboxylic acids is 1. The average molecular weight is 418 g/mol. The van der Waals surface area contributed by atoms with Gasteiger partial charge in [-0.25, -0.2) is 0 Å². The number of carbonyl (C=O) groups is 1. The predicted octanol–water partition coefficient (Wildman–Crippen LogP) is 3.94. The van der Waals surface area contributed by atoms with Crippen LogP contribution in [0.25, 0.3) is 0 Å². The van der Waals surface area contributed by atoms with Crippen LogP contribution in [-0.2, 0) is 0 Å². The van der Waals surface area contributed by atoms with Crippen molar-refractivity contribution in [2.45, 2.75) is 6.92 Å². The van der Waals surface area contributed by atoms with Gasteiger partial charge in [-0.15, -0.1) is 0 Å². The second-order valence-corrected chi connectivity index (χ2v) is 5.11. The lowest BCUT2D eigenvalue weighted by molar-refractivity contribution is 0.102. The van der Waals surface area contributed by atoms with Crippen LogP contribution in [-0.4, -0.2) is 11.1 Å². The molecule has 1 aromatic carbocycles. The molecule has 13 heavy (non-hydrogen) atoms. The second-order valence-electron chi connectivity index (χ2n) is 2.59. The Morgan fingerprint density at radius 1 is 1.54 bits per heavy atom. The van der Waals surface area contributed by atoms with E-state index >= 15 is 0 Å². The standard InChI is InChI=1S/C9H7Br2IO/c1-5-6(8(13)4-10)2-3-7(12)9(5)11/h2-3H,4H2,1H3. The highest BCUT2D eigenvalue weighted by molar-refractivity contribution is 14.1. The number of halogens is 3. The van der Waals surface area contributed by atoms with Gasteiger partial charge in [0, 0.05) is 13.6 Å². The summed E-state index contributed by atoms with van der Waals surface area (Å²) in [5.74, 6) is 0.120. The molecule has 4 heteroatoms. The monoisotopic (exact) mass is 416 g/mol. The zero-order valence-electron chi connectivity index (χ0n) is 6.90. The fourth-order valence-corrected chi connectivity index (χ4v) is 2.26. The van der Waals surface area contributed by atoms with Crippen molar-refractivity contribution >= 4 is 60.2 Å². The number of alkyl halides is 1. The van der Waals surface area contributed by atoms with Gasteiger partial charge >= 0.3 is 0 Å². The smallest absolute Gasteiger partial charge is 0.173 e. The Balaban J connectivity index is 3.26. The third kappa shape index (κ3) is 2.53. The molecule has 0 heterocycles. The fraction of sp³-hybridized carbons (Fsp3) is 0.222. The fourth-order valence-electron chi connectivity index (χ4n) is 1.03. The predicted molar refractivity (Wildman–Crippen MR) is 69.7 cm³/mol. The molecule has 0 fully saturated rings. The van der Waals surface area contributed by atoms with Gasteiger partial charge in [-0.1, -0.05) is 15.9 Å². The summed E-state index contributed by atoms with van der Waals surface area (Å²) in [6.07, 6.45) is 0. The van der Waals surface area contributed by atoms with Gasteiger partial charge < -0.3 is 0 Å². The minimum absolute atomic E-state index is 0.120. The Morgan fingerprint density at radius 3 is 2.69 bits per heavy atom. The minimum Gasteiger partial charge on any atom is -0.293 e. The molecule has 1 rings (SSSR count). The van der Waals surface area contributed by atoms with Crippen LogP contribution in [0.5, 0.6) is 0 Å². The molecule has 1 nitrogen and oxygen atoms in total. The van der Waals surface area contributed by atoms with Crippen LogP contribution in [0.1, 0.15) is 15.9 Å². The quantitative estimate of drug-likeness (QED) is 0.405. The van der Waals surface area contributed by atoms with Crippen LogP contribution in [0.2, 0.25) is 0 Å². The highest BCUT2D eigenvalue weighted by Crippen LogP contribution is 2.26. The largest absolute Gasteiger partial charge is 0.293 e. The van der Waals surface area contributed by atoms with E-state index in [-0.39, 0.29) is 5.78 Å². The van der Waals surface area contributed by atoms with Gasteiger partial charge in [-0.2, -0.15) is 0 Å². The minimum atomic E-state index is 0.120. The van der Waals surface area contributed by atoms with Gasteiger partial charge in [0.05, 0.1) is 5.33 Å². The van der Waals surface area contributed by atoms with Crippen LogP contribution < -0.4 is 0 Å². The van der Waals surface area contributed by atoms with Gasteiger partial charge in [0.15, 0.2) is 5.78 Å². The first kappa shape index (κ1) is 11.7. The molecule has 0 aliphatic rings. The maximum Gasteiger partial charge on any atom is 0.173 e. The van der Waals surface area contributed by atoms with Crippen molar-refractivity contribution in [3.8, 4) is 0 Å². The molecule has 70 valence electrons. The lowest BCUT2D eigenvalue weighted by Gasteiger charge is -2.06. The Kier molecular flexibility index (Phi) is 4.38. The van der Waals surface area contributed by atoms with Gasteiger partial charge in [0.2, 0.25) is 0 Å². The van der Waals surface area contributed by atoms with E-state index in [2.05, 4.69) is 54.5 Å². The molecule has 0 bridgehead atoms. The Morgan fingerprint density at radius 2 is 2.15 bits per heavy atom. The van der Waals surface area contributed by atoms with Crippen molar-refractivity contribution < 1.29 is 4.79 Å². The van der Waals surface area contributed by atoms with Gasteiger partial charge in [-0.3, -0.25) is 4.79 Å². The third-order valence-corrected chi connectivity index (χ3v) is 4.93. The van der Waals surface area contributed by atoms with Crippen LogP contribution in [0.3, 0.4) is 0 Å². The third-order valence-electron chi connectivity index (χ3n) is 1.76. The summed E-state index contributed by atoms with van der Waals surface area (Å²) in [4.78, 5) is 11.4. The van der Waals surface area contributed by atoms with E-state index in [1.807, 2.05) is 19.1 Å². The van der Waals surface area contributed by atoms with Crippen LogP contribution in [0, 0.1) is 10.5 Å². The van der Waals surface area contributed by atoms with Crippen molar-refractivity contribution in [3.05, 3.63) is 31.3 Å². The molecule has 0 N–H and O–H groups in total. The molecule has 0 aliphatic heterocycles. The van der Waals surface area contributed by atoms with Crippen LogP contribution in [0.15, 0.2) is 16.6 Å². The number of hydrogen-bond donors (Lipinski definition) is 0. The van der Waals surface area contributed by atoms with Crippen molar-refractivity contribution in [2.75, 3.05) is 5.33 Å². The Hall–Kier alpha value is 0.580. The Bertz CT molecular complexity index is 350. The average Bonchev–Trinajstić information content (AvgIpc) is 2.13. The Labute approximate surface area is 108 Å². The molecule has 0 aliphatic carbocycles. The van der Waals surface area contributed by atoms with E-state index in [4.69, 9.17) is 0 Å². The summed E-state index contributed by atoms with van der Waals surface area (Å²) in [5.41, 5.74) is 1.79. The molecular weight excluding hydrogens is 411 g/mol. The molecular formula is C9H7Br2IO. The summed E-state index contributed by atoms with van der Waals surface area (Å²) in [6.45, 7) is 1.95. The number of Topliss-reactive ketones (excluding diaryl/α,β-unsaturated/α-hetero) is 1.